The van der Waals surface area contributed by atoms with Gasteiger partial charge in [-0.05, 0) is 46.3 Å². The first-order chi connectivity index (χ1) is 8.20. The molecule has 0 saturated heterocycles. The second-order valence-electron chi connectivity index (χ2n) is 5.33. The Bertz CT molecular complexity index is 432. The Morgan fingerprint density at radius 3 is 2.88 bits per heavy atom. The molecule has 3 unspecified atom stereocenters. The van der Waals surface area contributed by atoms with Crippen LogP contribution in [0.15, 0.2) is 22.7 Å². The Kier molecular flexibility index (Phi) is 2.91. The van der Waals surface area contributed by atoms with Crippen molar-refractivity contribution >= 4 is 21.6 Å². The molecule has 1 heterocycles. The molecule has 0 radical (unpaired) electrons. The number of benzene rings is 1. The van der Waals surface area contributed by atoms with Crippen molar-refractivity contribution in [2.45, 2.75) is 37.8 Å². The quantitative estimate of drug-likeness (QED) is 0.794. The van der Waals surface area contributed by atoms with Crippen LogP contribution >= 0.6 is 15.9 Å². The molecule has 0 bridgehead atoms. The smallest absolute Gasteiger partial charge is 0.0559 e. The van der Waals surface area contributed by atoms with Crippen LogP contribution in [0.2, 0.25) is 0 Å². The number of hydrogen-bond acceptors (Lipinski definition) is 2. The van der Waals surface area contributed by atoms with Crippen LogP contribution in [-0.4, -0.2) is 13.1 Å². The van der Waals surface area contributed by atoms with Crippen LogP contribution in [0.4, 0.5) is 5.69 Å². The number of nitrogens with two attached hydrogens (primary N) is 1. The highest BCUT2D eigenvalue weighted by molar-refractivity contribution is 9.10. The molecule has 2 N–H and O–H groups in total. The number of rotatable bonds is 0. The van der Waals surface area contributed by atoms with Gasteiger partial charge in [0.1, 0.15) is 0 Å². The first kappa shape index (κ1) is 11.5. The van der Waals surface area contributed by atoms with Crippen molar-refractivity contribution in [2.75, 3.05) is 11.9 Å². The molecule has 0 amide bonds. The fourth-order valence-corrected chi connectivity index (χ4v) is 4.27. The minimum absolute atomic E-state index is 0.212. The molecule has 92 valence electrons. The molecule has 3 heteroatoms. The average molecular weight is 295 g/mol. The van der Waals surface area contributed by atoms with Crippen LogP contribution in [-0.2, 0) is 0 Å². The predicted molar refractivity (Wildman–Crippen MR) is 75.2 cm³/mol. The Balaban J connectivity index is 2.10. The van der Waals surface area contributed by atoms with E-state index in [0.29, 0.717) is 12.0 Å². The van der Waals surface area contributed by atoms with Crippen LogP contribution in [0.3, 0.4) is 0 Å². The van der Waals surface area contributed by atoms with Crippen molar-refractivity contribution in [1.29, 1.82) is 0 Å². The van der Waals surface area contributed by atoms with E-state index in [1.807, 2.05) is 0 Å². The molecule has 1 aromatic carbocycles. The zero-order valence-corrected chi connectivity index (χ0v) is 11.8. The third-order valence-corrected chi connectivity index (χ3v) is 5.11. The molecule has 3 rings (SSSR count). The van der Waals surface area contributed by atoms with E-state index in [0.717, 1.165) is 0 Å². The number of hydrogen-bond donors (Lipinski definition) is 1. The van der Waals surface area contributed by atoms with E-state index in [4.69, 9.17) is 5.73 Å². The molecule has 17 heavy (non-hydrogen) atoms. The predicted octanol–water partition coefficient (Wildman–Crippen LogP) is 3.46. The molecule has 0 aromatic heterocycles. The van der Waals surface area contributed by atoms with Gasteiger partial charge in [0.05, 0.1) is 5.69 Å². The summed E-state index contributed by atoms with van der Waals surface area (Å²) in [5.41, 5.74) is 9.10. The molecule has 1 aromatic rings. The zero-order valence-electron chi connectivity index (χ0n) is 10.2. The molecule has 3 atom stereocenters. The lowest BCUT2D eigenvalue weighted by atomic mass is 9.74. The van der Waals surface area contributed by atoms with E-state index in [9.17, 15) is 0 Å². The summed E-state index contributed by atoms with van der Waals surface area (Å²) in [5, 5.41) is 0. The normalized spacial score (nSPS) is 31.9. The summed E-state index contributed by atoms with van der Waals surface area (Å²) in [6.45, 7) is 0. The van der Waals surface area contributed by atoms with E-state index in [1.54, 1.807) is 0 Å². The van der Waals surface area contributed by atoms with Crippen LogP contribution in [0.5, 0.6) is 0 Å². The topological polar surface area (TPSA) is 29.3 Å². The van der Waals surface area contributed by atoms with Gasteiger partial charge in [-0.3, -0.25) is 0 Å². The molecule has 2 nitrogen and oxygen atoms in total. The monoisotopic (exact) mass is 294 g/mol. The van der Waals surface area contributed by atoms with Gasteiger partial charge in [-0.1, -0.05) is 25.0 Å². The summed E-state index contributed by atoms with van der Waals surface area (Å²) in [5.74, 6) is 0.635. The highest BCUT2D eigenvalue weighted by Crippen LogP contribution is 2.47. The van der Waals surface area contributed by atoms with Crippen LogP contribution in [0.25, 0.3) is 0 Å². The third-order valence-electron chi connectivity index (χ3n) is 4.47. The van der Waals surface area contributed by atoms with Crippen molar-refractivity contribution in [3.8, 4) is 0 Å². The maximum absolute atomic E-state index is 6.48. The summed E-state index contributed by atoms with van der Waals surface area (Å²) in [4.78, 5) is 2.45. The van der Waals surface area contributed by atoms with Gasteiger partial charge in [0.2, 0.25) is 0 Å². The van der Waals surface area contributed by atoms with E-state index < -0.39 is 0 Å². The Labute approximate surface area is 111 Å². The standard InChI is InChI=1S/C14H19BrN2/c1-17-12-8-3-2-5-9(12)13(16)10-6-4-7-11(15)14(10)17/h4,6-7,9,12-13H,2-3,5,8,16H2,1H3. The van der Waals surface area contributed by atoms with Gasteiger partial charge in [0, 0.05) is 23.6 Å². The van der Waals surface area contributed by atoms with Gasteiger partial charge < -0.3 is 10.6 Å². The molecule has 1 saturated carbocycles. The van der Waals surface area contributed by atoms with Crippen molar-refractivity contribution in [1.82, 2.24) is 0 Å². The first-order valence-electron chi connectivity index (χ1n) is 6.47. The van der Waals surface area contributed by atoms with E-state index in [1.165, 1.54) is 41.4 Å². The SMILES string of the molecule is CN1c2c(Br)cccc2C(N)C2CCCCC21. The maximum Gasteiger partial charge on any atom is 0.0559 e. The molecule has 1 fully saturated rings. The zero-order chi connectivity index (χ0) is 12.0. The third kappa shape index (κ3) is 1.71. The highest BCUT2D eigenvalue weighted by atomic mass is 79.9. The molecule has 0 spiro atoms. The van der Waals surface area contributed by atoms with Gasteiger partial charge in [0.15, 0.2) is 0 Å². The van der Waals surface area contributed by atoms with Crippen LogP contribution in [0.1, 0.15) is 37.3 Å². The number of fused-ring (bicyclic) bond motifs is 2. The van der Waals surface area contributed by atoms with Crippen molar-refractivity contribution < 1.29 is 0 Å². The minimum Gasteiger partial charge on any atom is -0.370 e. The number of halogens is 1. The van der Waals surface area contributed by atoms with Gasteiger partial charge >= 0.3 is 0 Å². The van der Waals surface area contributed by atoms with Crippen molar-refractivity contribution in [3.63, 3.8) is 0 Å². The largest absolute Gasteiger partial charge is 0.370 e. The van der Waals surface area contributed by atoms with E-state index in [2.05, 4.69) is 46.1 Å². The number of anilines is 1. The number of para-hydroxylation sites is 1. The van der Waals surface area contributed by atoms with Gasteiger partial charge in [-0.2, -0.15) is 0 Å². The van der Waals surface area contributed by atoms with E-state index in [-0.39, 0.29) is 6.04 Å². The highest BCUT2D eigenvalue weighted by Gasteiger charge is 2.39. The number of nitrogens with zero attached hydrogens (tertiary/aromatic N) is 1. The fourth-order valence-electron chi connectivity index (χ4n) is 3.61. The van der Waals surface area contributed by atoms with Crippen molar-refractivity contribution in [2.24, 2.45) is 11.7 Å². The maximum atomic E-state index is 6.48. The summed E-state index contributed by atoms with van der Waals surface area (Å²) in [6.07, 6.45) is 5.25. The lowest BCUT2D eigenvalue weighted by Crippen LogP contribution is -2.48. The second-order valence-corrected chi connectivity index (χ2v) is 6.18. The molecule has 2 aliphatic rings. The Morgan fingerprint density at radius 1 is 1.29 bits per heavy atom. The van der Waals surface area contributed by atoms with Crippen LogP contribution < -0.4 is 10.6 Å². The summed E-state index contributed by atoms with van der Waals surface area (Å²) < 4.78 is 1.18. The van der Waals surface area contributed by atoms with Gasteiger partial charge in [0.25, 0.3) is 0 Å². The summed E-state index contributed by atoms with van der Waals surface area (Å²) >= 11 is 3.67. The Hall–Kier alpha value is -0.540. The average Bonchev–Trinajstić information content (AvgIpc) is 2.36. The fraction of sp³-hybridized carbons (Fsp3) is 0.571. The summed E-state index contributed by atoms with van der Waals surface area (Å²) in [6, 6.07) is 7.24. The van der Waals surface area contributed by atoms with E-state index >= 15 is 0 Å². The second kappa shape index (κ2) is 4.29. The van der Waals surface area contributed by atoms with Crippen molar-refractivity contribution in [3.05, 3.63) is 28.2 Å². The minimum atomic E-state index is 0.212. The lowest BCUT2D eigenvalue weighted by Gasteiger charge is -2.47. The molecular weight excluding hydrogens is 276 g/mol. The molecule has 1 aliphatic heterocycles. The lowest BCUT2D eigenvalue weighted by molar-refractivity contribution is 0.246. The first-order valence-corrected chi connectivity index (χ1v) is 7.26. The molecule has 1 aliphatic carbocycles. The summed E-state index contributed by atoms with van der Waals surface area (Å²) in [7, 11) is 2.22. The molecular formula is C14H19BrN2. The van der Waals surface area contributed by atoms with Gasteiger partial charge in [-0.15, -0.1) is 0 Å². The Morgan fingerprint density at radius 2 is 2.06 bits per heavy atom. The van der Waals surface area contributed by atoms with Gasteiger partial charge in [-0.25, -0.2) is 0 Å². The van der Waals surface area contributed by atoms with Crippen LogP contribution in [0, 0.1) is 5.92 Å².